The van der Waals surface area contributed by atoms with Crippen LogP contribution < -0.4 is 4.90 Å². The fraction of sp³-hybridized carbons (Fsp3) is 0.125. The molecule has 0 fully saturated rings. The molecule has 0 atom stereocenters. The average molecular weight is 316 g/mol. The van der Waals surface area contributed by atoms with Gasteiger partial charge in [-0.25, -0.2) is 0 Å². The molecule has 2 nitrogen and oxygen atoms in total. The number of nitrogens with zero attached hydrogens (tertiary/aromatic N) is 1. The van der Waals surface area contributed by atoms with Crippen molar-refractivity contribution in [2.45, 2.75) is 6.42 Å². The lowest BCUT2D eigenvalue weighted by atomic mass is 10.1. The number of anilines is 1. The third-order valence-corrected chi connectivity index (χ3v) is 3.60. The zero-order valence-electron chi connectivity index (χ0n) is 10.4. The number of allylic oxidation sites excluding steroid dienone is 1. The maximum atomic E-state index is 5.73. The Kier molecular flexibility index (Phi) is 3.56. The quantitative estimate of drug-likeness (QED) is 0.836. The molecule has 0 amide bonds. The fourth-order valence-corrected chi connectivity index (χ4v) is 2.34. The number of rotatable bonds is 3. The molecule has 0 saturated carbocycles. The smallest absolute Gasteiger partial charge is 0.164 e. The Morgan fingerprint density at radius 2 is 1.74 bits per heavy atom. The van der Waals surface area contributed by atoms with E-state index < -0.39 is 0 Å². The van der Waals surface area contributed by atoms with E-state index in [0.29, 0.717) is 6.73 Å². The molecule has 2 aromatic carbocycles. The molecular weight excluding hydrogens is 302 g/mol. The fourth-order valence-electron chi connectivity index (χ4n) is 2.08. The molecule has 19 heavy (non-hydrogen) atoms. The second-order valence-electron chi connectivity index (χ2n) is 4.48. The van der Waals surface area contributed by atoms with Gasteiger partial charge in [-0.3, -0.25) is 0 Å². The molecule has 0 aromatic heterocycles. The van der Waals surface area contributed by atoms with Crippen LogP contribution in [0.5, 0.6) is 0 Å². The van der Waals surface area contributed by atoms with Crippen molar-refractivity contribution in [3.8, 4) is 0 Å². The molecule has 0 saturated heterocycles. The van der Waals surface area contributed by atoms with Crippen LogP contribution in [0.25, 0.3) is 0 Å². The van der Waals surface area contributed by atoms with Crippen LogP contribution in [-0.2, 0) is 11.2 Å². The first-order valence-corrected chi connectivity index (χ1v) is 7.00. The average Bonchev–Trinajstić information content (AvgIpc) is 2.89. The van der Waals surface area contributed by atoms with Gasteiger partial charge in [0.25, 0.3) is 0 Å². The van der Waals surface area contributed by atoms with E-state index >= 15 is 0 Å². The van der Waals surface area contributed by atoms with Crippen molar-refractivity contribution in [2.24, 2.45) is 0 Å². The van der Waals surface area contributed by atoms with E-state index in [9.17, 15) is 0 Å². The van der Waals surface area contributed by atoms with Gasteiger partial charge in [0, 0.05) is 22.8 Å². The van der Waals surface area contributed by atoms with Gasteiger partial charge < -0.3 is 9.64 Å². The van der Waals surface area contributed by atoms with Crippen LogP contribution in [0, 0.1) is 0 Å². The minimum atomic E-state index is 0.587. The number of ether oxygens (including phenoxy) is 1. The summed E-state index contributed by atoms with van der Waals surface area (Å²) in [7, 11) is 0. The van der Waals surface area contributed by atoms with E-state index in [0.717, 1.165) is 22.3 Å². The minimum Gasteiger partial charge on any atom is -0.475 e. The number of hydrogen-bond acceptors (Lipinski definition) is 2. The highest BCUT2D eigenvalue weighted by Gasteiger charge is 2.15. The van der Waals surface area contributed by atoms with Crippen LogP contribution in [0.1, 0.15) is 5.56 Å². The van der Waals surface area contributed by atoms with Crippen LogP contribution in [0.2, 0.25) is 0 Å². The van der Waals surface area contributed by atoms with E-state index in [1.54, 1.807) is 0 Å². The molecule has 1 aliphatic rings. The zero-order valence-corrected chi connectivity index (χ0v) is 12.0. The Bertz CT molecular complexity index is 577. The Morgan fingerprint density at radius 1 is 1.00 bits per heavy atom. The molecule has 0 bridgehead atoms. The van der Waals surface area contributed by atoms with Gasteiger partial charge in [0.05, 0.1) is 0 Å². The van der Waals surface area contributed by atoms with E-state index in [1.807, 2.05) is 18.2 Å². The van der Waals surface area contributed by atoms with Gasteiger partial charge in [-0.05, 0) is 29.8 Å². The summed E-state index contributed by atoms with van der Waals surface area (Å²) >= 11 is 3.44. The first-order chi connectivity index (χ1) is 9.31. The zero-order chi connectivity index (χ0) is 13.1. The minimum absolute atomic E-state index is 0.587. The second kappa shape index (κ2) is 5.49. The standard InChI is InChI=1S/C16H14BrNO/c17-14-6-8-15(9-7-14)18-11-16(19-12-18)10-13-4-2-1-3-5-13/h1-9,11H,10,12H2. The lowest BCUT2D eigenvalue weighted by Gasteiger charge is -2.12. The van der Waals surface area contributed by atoms with Gasteiger partial charge in [0.1, 0.15) is 5.76 Å². The van der Waals surface area contributed by atoms with Crippen molar-refractivity contribution >= 4 is 21.6 Å². The molecule has 0 radical (unpaired) electrons. The number of benzene rings is 2. The first-order valence-electron chi connectivity index (χ1n) is 6.21. The van der Waals surface area contributed by atoms with Gasteiger partial charge in [-0.2, -0.15) is 0 Å². The highest BCUT2D eigenvalue weighted by molar-refractivity contribution is 9.10. The van der Waals surface area contributed by atoms with E-state index in [1.165, 1.54) is 5.56 Å². The summed E-state index contributed by atoms with van der Waals surface area (Å²) in [4.78, 5) is 2.12. The maximum absolute atomic E-state index is 5.73. The van der Waals surface area contributed by atoms with Gasteiger partial charge in [-0.1, -0.05) is 46.3 Å². The van der Waals surface area contributed by atoms with Crippen LogP contribution in [0.3, 0.4) is 0 Å². The number of halogens is 1. The summed E-state index contributed by atoms with van der Waals surface area (Å²) in [6.07, 6.45) is 2.92. The highest BCUT2D eigenvalue weighted by atomic mass is 79.9. The van der Waals surface area contributed by atoms with Gasteiger partial charge in [-0.15, -0.1) is 0 Å². The second-order valence-corrected chi connectivity index (χ2v) is 5.39. The third kappa shape index (κ3) is 2.99. The largest absolute Gasteiger partial charge is 0.475 e. The lowest BCUT2D eigenvalue weighted by molar-refractivity contribution is 0.239. The lowest BCUT2D eigenvalue weighted by Crippen LogP contribution is -2.12. The predicted molar refractivity (Wildman–Crippen MR) is 80.8 cm³/mol. The van der Waals surface area contributed by atoms with E-state index in [2.05, 4.69) is 63.4 Å². The van der Waals surface area contributed by atoms with Crippen molar-refractivity contribution in [1.29, 1.82) is 0 Å². The molecule has 3 heteroatoms. The SMILES string of the molecule is Brc1ccc(N2C=C(Cc3ccccc3)OC2)cc1. The Labute approximate surface area is 121 Å². The van der Waals surface area contributed by atoms with Crippen molar-refractivity contribution in [3.63, 3.8) is 0 Å². The highest BCUT2D eigenvalue weighted by Crippen LogP contribution is 2.24. The summed E-state index contributed by atoms with van der Waals surface area (Å²) in [5.41, 5.74) is 2.41. The first kappa shape index (κ1) is 12.3. The summed E-state index contributed by atoms with van der Waals surface area (Å²) in [6, 6.07) is 18.6. The van der Waals surface area contributed by atoms with Gasteiger partial charge >= 0.3 is 0 Å². The molecule has 0 aliphatic carbocycles. The molecule has 2 aromatic rings. The monoisotopic (exact) mass is 315 g/mol. The number of hydrogen-bond donors (Lipinski definition) is 0. The molecule has 1 aliphatic heterocycles. The topological polar surface area (TPSA) is 12.5 Å². The van der Waals surface area contributed by atoms with E-state index in [4.69, 9.17) is 4.74 Å². The molecular formula is C16H14BrNO. The summed E-state index contributed by atoms with van der Waals surface area (Å²) in [6.45, 7) is 0.587. The van der Waals surface area contributed by atoms with Crippen molar-refractivity contribution in [2.75, 3.05) is 11.6 Å². The predicted octanol–water partition coefficient (Wildman–Crippen LogP) is 4.33. The molecule has 96 valence electrons. The van der Waals surface area contributed by atoms with Crippen LogP contribution in [-0.4, -0.2) is 6.73 Å². The molecule has 0 N–H and O–H groups in total. The molecule has 0 unspecified atom stereocenters. The summed E-state index contributed by atoms with van der Waals surface area (Å²) in [5.74, 6) is 1.01. The van der Waals surface area contributed by atoms with Crippen LogP contribution in [0.15, 0.2) is 71.0 Å². The van der Waals surface area contributed by atoms with Gasteiger partial charge in [0.2, 0.25) is 0 Å². The van der Waals surface area contributed by atoms with Crippen LogP contribution in [0.4, 0.5) is 5.69 Å². The van der Waals surface area contributed by atoms with Crippen molar-refractivity contribution in [3.05, 3.63) is 76.6 Å². The summed E-state index contributed by atoms with van der Waals surface area (Å²) < 4.78 is 6.82. The molecule has 3 rings (SSSR count). The summed E-state index contributed by atoms with van der Waals surface area (Å²) in [5, 5.41) is 0. The molecule has 0 spiro atoms. The third-order valence-electron chi connectivity index (χ3n) is 3.07. The Hall–Kier alpha value is -1.74. The van der Waals surface area contributed by atoms with Crippen LogP contribution >= 0.6 is 15.9 Å². The Morgan fingerprint density at radius 3 is 2.47 bits per heavy atom. The van der Waals surface area contributed by atoms with Crippen molar-refractivity contribution < 1.29 is 4.74 Å². The van der Waals surface area contributed by atoms with Crippen molar-refractivity contribution in [1.82, 2.24) is 0 Å². The maximum Gasteiger partial charge on any atom is 0.164 e. The normalized spacial score (nSPS) is 14.2. The van der Waals surface area contributed by atoms with E-state index in [-0.39, 0.29) is 0 Å². The Balaban J connectivity index is 1.72. The van der Waals surface area contributed by atoms with Gasteiger partial charge in [0.15, 0.2) is 6.73 Å². The molecule has 1 heterocycles.